The van der Waals surface area contributed by atoms with Gasteiger partial charge in [-0.1, -0.05) is 42.5 Å². The predicted molar refractivity (Wildman–Crippen MR) is 130 cm³/mol. The molecule has 1 aromatic heterocycles. The minimum absolute atomic E-state index is 0.336. The van der Waals surface area contributed by atoms with Crippen molar-refractivity contribution in [3.8, 4) is 22.6 Å². The molecule has 1 atom stereocenters. The van der Waals surface area contributed by atoms with Crippen LogP contribution < -0.4 is 4.98 Å². The van der Waals surface area contributed by atoms with Crippen LogP contribution in [0.1, 0.15) is 11.1 Å². The van der Waals surface area contributed by atoms with E-state index in [-0.39, 0.29) is 6.23 Å². The van der Waals surface area contributed by atoms with Crippen molar-refractivity contribution in [2.24, 2.45) is 0 Å². The van der Waals surface area contributed by atoms with Crippen LogP contribution in [0.3, 0.4) is 0 Å². The quantitative estimate of drug-likeness (QED) is 0.255. The largest absolute Gasteiger partial charge is 0.485 e. The molecular weight excluding hydrogens is 440 g/mol. The Balaban J connectivity index is 1.71. The van der Waals surface area contributed by atoms with Gasteiger partial charge < -0.3 is 19.6 Å². The first-order valence-electron chi connectivity index (χ1n) is 10.2. The number of aromatic nitrogens is 1. The lowest BCUT2D eigenvalue weighted by Crippen LogP contribution is -2.44. The van der Waals surface area contributed by atoms with Gasteiger partial charge in [-0.05, 0) is 53.6 Å². The number of hydrogen-bond acceptors (Lipinski definition) is 6. The molecule has 1 heterocycles. The number of aliphatic hydroxyl groups excluding tert-OH is 1. The van der Waals surface area contributed by atoms with Gasteiger partial charge in [0, 0.05) is 17.0 Å². The Hall–Kier alpha value is -2.91. The third-order valence-electron chi connectivity index (χ3n) is 5.46. The van der Waals surface area contributed by atoms with E-state index in [9.17, 15) is 15.0 Å². The third kappa shape index (κ3) is 4.49. The van der Waals surface area contributed by atoms with E-state index in [4.69, 9.17) is 9.40 Å². The molecule has 0 radical (unpaired) electrons. The normalized spacial score (nSPS) is 12.2. The summed E-state index contributed by atoms with van der Waals surface area (Å²) in [5, 5.41) is 18.5. The first kappa shape index (κ1) is 22.3. The lowest BCUT2D eigenvalue weighted by atomic mass is 9.96. The van der Waals surface area contributed by atoms with Crippen LogP contribution in [0.5, 0.6) is 0 Å². The molecule has 0 amide bonds. The Morgan fingerprint density at radius 3 is 2.56 bits per heavy atom. The fourth-order valence-corrected chi connectivity index (χ4v) is 5.25. The average Bonchev–Trinajstić information content (AvgIpc) is 3.22. The number of hydrogen-bond donors (Lipinski definition) is 3. The second-order valence-corrected chi connectivity index (χ2v) is 10.7. The van der Waals surface area contributed by atoms with E-state index < -0.39 is 14.6 Å². The van der Waals surface area contributed by atoms with Crippen molar-refractivity contribution in [3.05, 3.63) is 71.8 Å². The fraction of sp³-hybridized carbons (Fsp3) is 0.167. The number of benzene rings is 3. The number of nitrogens with one attached hydrogen (secondary N) is 1. The van der Waals surface area contributed by atoms with Gasteiger partial charge in [0.05, 0.1) is 6.23 Å². The predicted octanol–water partition coefficient (Wildman–Crippen LogP) is 4.80. The second-order valence-electron chi connectivity index (χ2n) is 7.45. The average molecular weight is 465 g/mol. The molecule has 0 aliphatic heterocycles. The number of oxazole rings is 1. The summed E-state index contributed by atoms with van der Waals surface area (Å²) in [7, 11) is -2.47. The molecule has 3 N–H and O–H groups in total. The van der Waals surface area contributed by atoms with Crippen LogP contribution in [0, 0.1) is 6.92 Å². The van der Waals surface area contributed by atoms with Crippen LogP contribution in [0.4, 0.5) is 4.79 Å². The van der Waals surface area contributed by atoms with Gasteiger partial charge in [0.1, 0.15) is 5.52 Å². The van der Waals surface area contributed by atoms with Crippen molar-refractivity contribution in [1.82, 2.24) is 9.97 Å². The number of aliphatic hydroxyl groups is 1. The molecule has 0 unspecified atom stereocenters. The summed E-state index contributed by atoms with van der Waals surface area (Å²) in [6, 6.07) is 20.2. The maximum Gasteiger partial charge on any atom is 0.285 e. The van der Waals surface area contributed by atoms with E-state index in [1.807, 2.05) is 48.7 Å². The molecule has 4 rings (SSSR count). The number of rotatable bonds is 8. The maximum atomic E-state index is 11.2. The molecule has 0 saturated carbocycles. The van der Waals surface area contributed by atoms with Gasteiger partial charge in [0.2, 0.25) is 5.89 Å². The van der Waals surface area contributed by atoms with Crippen molar-refractivity contribution in [2.75, 3.05) is 12.5 Å². The molecule has 0 spiro atoms. The molecule has 3 aromatic carbocycles. The summed E-state index contributed by atoms with van der Waals surface area (Å²) in [6.07, 6.45) is 1.63. The molecule has 0 saturated heterocycles. The van der Waals surface area contributed by atoms with Crippen molar-refractivity contribution < 1.29 is 19.4 Å². The summed E-state index contributed by atoms with van der Waals surface area (Å²) in [5.74, 6) is 0.556. The Bertz CT molecular complexity index is 1260. The van der Waals surface area contributed by atoms with Crippen molar-refractivity contribution in [2.45, 2.75) is 18.4 Å². The monoisotopic (exact) mass is 464 g/mol. The Labute approximate surface area is 192 Å². The lowest BCUT2D eigenvalue weighted by molar-refractivity contribution is 0.216. The topological polar surface area (TPSA) is 95.6 Å². The summed E-state index contributed by atoms with van der Waals surface area (Å²) in [6.45, 7) is 2.43. The number of carboxylic acid groups (broad SMARTS) is 1. The molecule has 0 aliphatic carbocycles. The first-order chi connectivity index (χ1) is 15.5. The zero-order chi connectivity index (χ0) is 22.7. The smallest absolute Gasteiger partial charge is 0.285 e. The molecule has 0 bridgehead atoms. The van der Waals surface area contributed by atoms with E-state index in [2.05, 4.69) is 30.1 Å². The Morgan fingerprint density at radius 2 is 1.88 bits per heavy atom. The summed E-state index contributed by atoms with van der Waals surface area (Å²) < 4.78 is 6.14. The summed E-state index contributed by atoms with van der Waals surface area (Å²) in [5.41, 5.74) is 5.70. The van der Waals surface area contributed by atoms with E-state index in [0.717, 1.165) is 38.2 Å². The highest BCUT2D eigenvalue weighted by atomic mass is 32.2. The third-order valence-corrected chi connectivity index (χ3v) is 7.94. The van der Waals surface area contributed by atoms with E-state index in [1.165, 1.54) is 0 Å². The molecule has 32 heavy (non-hydrogen) atoms. The standard InChI is InChI=1S/C24H24N2O4SSi/c1-15-18(16-7-4-3-5-8-16)9-6-10-19(15)23-26-20-11-17(13-25-32(14-27)24(28)29)22(31-2)12-21(20)30-23/h3-12,25,27,32H,13-14H2,1-2H3,(H,28,29)/t32-/m0/s1. The van der Waals surface area contributed by atoms with Crippen LogP contribution in [0.25, 0.3) is 33.7 Å². The van der Waals surface area contributed by atoms with Crippen molar-refractivity contribution >= 4 is 37.4 Å². The van der Waals surface area contributed by atoms with Crippen LogP contribution in [-0.4, -0.2) is 42.2 Å². The van der Waals surface area contributed by atoms with Crippen LogP contribution >= 0.6 is 11.8 Å². The highest BCUT2D eigenvalue weighted by Gasteiger charge is 2.20. The molecule has 8 heteroatoms. The number of carbonyl (C=O) groups is 1. The van der Waals surface area contributed by atoms with E-state index >= 15 is 0 Å². The maximum absolute atomic E-state index is 11.2. The highest BCUT2D eigenvalue weighted by molar-refractivity contribution is 7.98. The molecule has 164 valence electrons. The van der Waals surface area contributed by atoms with Gasteiger partial charge in [-0.3, -0.25) is 4.79 Å². The molecule has 0 fully saturated rings. The van der Waals surface area contributed by atoms with E-state index in [1.54, 1.807) is 11.8 Å². The minimum atomic E-state index is -2.47. The van der Waals surface area contributed by atoms with Gasteiger partial charge in [0.15, 0.2) is 5.58 Å². The van der Waals surface area contributed by atoms with Crippen LogP contribution in [-0.2, 0) is 6.54 Å². The summed E-state index contributed by atoms with van der Waals surface area (Å²) in [4.78, 5) is 20.0. The lowest BCUT2D eigenvalue weighted by Gasteiger charge is -2.12. The van der Waals surface area contributed by atoms with Gasteiger partial charge in [-0.2, -0.15) is 0 Å². The Morgan fingerprint density at radius 1 is 1.12 bits per heavy atom. The zero-order valence-corrected chi connectivity index (χ0v) is 19.8. The number of thioether (sulfide) groups is 1. The van der Waals surface area contributed by atoms with Crippen LogP contribution in [0.15, 0.2) is 70.0 Å². The first-order valence-corrected chi connectivity index (χ1v) is 13.4. The molecule has 0 aliphatic rings. The molecule has 4 aromatic rings. The fourth-order valence-electron chi connectivity index (χ4n) is 3.70. The minimum Gasteiger partial charge on any atom is -0.485 e. The SMILES string of the molecule is CSc1cc2oc(-c3cccc(-c4ccccc4)c3C)nc2cc1CN[Si@@H](CO)C(=O)O. The van der Waals surface area contributed by atoms with Gasteiger partial charge >= 0.3 is 0 Å². The summed E-state index contributed by atoms with van der Waals surface area (Å²) >= 11 is 1.56. The van der Waals surface area contributed by atoms with Gasteiger partial charge in [0.25, 0.3) is 14.6 Å². The zero-order valence-electron chi connectivity index (χ0n) is 17.8. The van der Waals surface area contributed by atoms with Crippen molar-refractivity contribution in [3.63, 3.8) is 0 Å². The Kier molecular flexibility index (Phi) is 6.76. The molecule has 6 nitrogen and oxygen atoms in total. The van der Waals surface area contributed by atoms with Crippen molar-refractivity contribution in [1.29, 1.82) is 0 Å². The number of fused-ring (bicyclic) bond motifs is 1. The molecular formula is C24H24N2O4SSi. The van der Waals surface area contributed by atoms with Gasteiger partial charge in [-0.25, -0.2) is 4.98 Å². The number of nitrogens with zero attached hydrogens (tertiary/aromatic N) is 1. The van der Waals surface area contributed by atoms with Gasteiger partial charge in [-0.15, -0.1) is 11.8 Å². The van der Waals surface area contributed by atoms with E-state index in [0.29, 0.717) is 18.0 Å². The van der Waals surface area contributed by atoms with Crippen LogP contribution in [0.2, 0.25) is 0 Å². The highest BCUT2D eigenvalue weighted by Crippen LogP contribution is 2.34. The second kappa shape index (κ2) is 9.70.